The molecule has 0 saturated heterocycles. The second-order valence-corrected chi connectivity index (χ2v) is 6.95. The van der Waals surface area contributed by atoms with Crippen molar-refractivity contribution >= 4 is 10.0 Å². The monoisotopic (exact) mass is 316 g/mol. The van der Waals surface area contributed by atoms with Crippen molar-refractivity contribution in [1.29, 1.82) is 0 Å². The van der Waals surface area contributed by atoms with E-state index in [9.17, 15) is 8.42 Å². The van der Waals surface area contributed by atoms with Gasteiger partial charge in [0.15, 0.2) is 0 Å². The number of methoxy groups -OCH3 is 1. The first-order valence-corrected chi connectivity index (χ1v) is 8.21. The van der Waals surface area contributed by atoms with Crippen molar-refractivity contribution in [2.75, 3.05) is 27.3 Å². The third-order valence-corrected chi connectivity index (χ3v) is 4.89. The molecule has 7 heteroatoms. The number of hydrogen-bond donors (Lipinski definition) is 1. The largest absolute Gasteiger partial charge is 0.495 e. The summed E-state index contributed by atoms with van der Waals surface area (Å²) in [4.78, 5) is 0.125. The Morgan fingerprint density at radius 3 is 2.52 bits per heavy atom. The smallest absolute Gasteiger partial charge is 0.246 e. The van der Waals surface area contributed by atoms with Crippen LogP contribution in [0, 0.1) is 0 Å². The zero-order valence-electron chi connectivity index (χ0n) is 13.0. The predicted molar refractivity (Wildman–Crippen MR) is 81.8 cm³/mol. The number of likely N-dealkylation sites (N-methyl/N-ethyl adjacent to an activating group) is 1. The first-order chi connectivity index (χ1) is 9.82. The molecule has 0 atom stereocenters. The van der Waals surface area contributed by atoms with Gasteiger partial charge in [-0.3, -0.25) is 0 Å². The number of hydrogen-bond acceptors (Lipinski definition) is 5. The van der Waals surface area contributed by atoms with Gasteiger partial charge in [0.25, 0.3) is 0 Å². The van der Waals surface area contributed by atoms with E-state index in [1.54, 1.807) is 18.2 Å². The zero-order chi connectivity index (χ0) is 16.0. The summed E-state index contributed by atoms with van der Waals surface area (Å²) in [5, 5.41) is 0. The van der Waals surface area contributed by atoms with Gasteiger partial charge >= 0.3 is 0 Å². The fourth-order valence-electron chi connectivity index (χ4n) is 1.75. The Bertz CT molecular complexity index is 558. The summed E-state index contributed by atoms with van der Waals surface area (Å²) in [7, 11) is -0.675. The topological polar surface area (TPSA) is 81.9 Å². The Balaban J connectivity index is 3.00. The molecular weight excluding hydrogens is 292 g/mol. The van der Waals surface area contributed by atoms with Crippen molar-refractivity contribution in [2.45, 2.75) is 31.4 Å². The van der Waals surface area contributed by atoms with Gasteiger partial charge in [0.05, 0.1) is 19.8 Å². The van der Waals surface area contributed by atoms with Gasteiger partial charge in [0.2, 0.25) is 10.0 Å². The van der Waals surface area contributed by atoms with Crippen LogP contribution in [0.25, 0.3) is 0 Å². The Morgan fingerprint density at radius 2 is 2.00 bits per heavy atom. The third kappa shape index (κ3) is 4.67. The third-order valence-electron chi connectivity index (χ3n) is 3.01. The molecule has 1 aromatic rings. The van der Waals surface area contributed by atoms with E-state index in [1.807, 2.05) is 13.8 Å². The van der Waals surface area contributed by atoms with Gasteiger partial charge in [0.1, 0.15) is 10.6 Å². The van der Waals surface area contributed by atoms with Gasteiger partial charge in [0, 0.05) is 20.1 Å². The number of nitrogens with two attached hydrogens (primary N) is 1. The molecule has 0 saturated carbocycles. The van der Waals surface area contributed by atoms with Crippen molar-refractivity contribution in [1.82, 2.24) is 4.31 Å². The molecule has 0 aliphatic heterocycles. The highest BCUT2D eigenvalue weighted by molar-refractivity contribution is 7.89. The Morgan fingerprint density at radius 1 is 1.33 bits per heavy atom. The van der Waals surface area contributed by atoms with E-state index < -0.39 is 10.0 Å². The lowest BCUT2D eigenvalue weighted by Crippen LogP contribution is -2.31. The molecule has 0 fully saturated rings. The molecule has 6 nitrogen and oxygen atoms in total. The van der Waals surface area contributed by atoms with Crippen LogP contribution in [0.4, 0.5) is 0 Å². The fourth-order valence-corrected chi connectivity index (χ4v) is 3.11. The molecule has 120 valence electrons. The lowest BCUT2D eigenvalue weighted by Gasteiger charge is -2.20. The maximum absolute atomic E-state index is 12.6. The normalized spacial score (nSPS) is 12.1. The quantitative estimate of drug-likeness (QED) is 0.779. The Hall–Kier alpha value is -1.15. The summed E-state index contributed by atoms with van der Waals surface area (Å²) in [6.45, 7) is 4.69. The summed E-state index contributed by atoms with van der Waals surface area (Å²) < 4.78 is 37.0. The maximum Gasteiger partial charge on any atom is 0.246 e. The molecule has 1 rings (SSSR count). The van der Waals surface area contributed by atoms with Gasteiger partial charge in [-0.05, 0) is 31.5 Å². The van der Waals surface area contributed by atoms with Gasteiger partial charge < -0.3 is 15.2 Å². The van der Waals surface area contributed by atoms with E-state index >= 15 is 0 Å². The molecule has 2 N–H and O–H groups in total. The standard InChI is InChI=1S/C14H24N2O4S/c1-11(2)20-8-7-16(3)21(17,18)14-9-12(10-15)5-6-13(14)19-4/h5-6,9,11H,7-8,10,15H2,1-4H3. The number of ether oxygens (including phenoxy) is 2. The number of benzene rings is 1. The molecule has 1 aromatic carbocycles. The summed E-state index contributed by atoms with van der Waals surface area (Å²) in [6, 6.07) is 4.92. The van der Waals surface area contributed by atoms with Crippen LogP contribution in [-0.2, 0) is 21.3 Å². The zero-order valence-corrected chi connectivity index (χ0v) is 13.8. The Labute approximate surface area is 126 Å². The average molecular weight is 316 g/mol. The average Bonchev–Trinajstić information content (AvgIpc) is 2.45. The molecule has 0 heterocycles. The van der Waals surface area contributed by atoms with Crippen molar-refractivity contribution in [3.8, 4) is 5.75 Å². The minimum atomic E-state index is -3.64. The van der Waals surface area contributed by atoms with Crippen molar-refractivity contribution < 1.29 is 17.9 Å². The molecule has 0 aromatic heterocycles. The summed E-state index contributed by atoms with van der Waals surface area (Å²) in [5.41, 5.74) is 6.31. The summed E-state index contributed by atoms with van der Waals surface area (Å²) in [5.74, 6) is 0.309. The minimum Gasteiger partial charge on any atom is -0.495 e. The number of rotatable bonds is 8. The van der Waals surface area contributed by atoms with E-state index in [0.717, 1.165) is 5.56 Å². The van der Waals surface area contributed by atoms with Gasteiger partial charge in [-0.15, -0.1) is 0 Å². The summed E-state index contributed by atoms with van der Waals surface area (Å²) >= 11 is 0. The predicted octanol–water partition coefficient (Wildman–Crippen LogP) is 1.20. The van der Waals surface area contributed by atoms with E-state index in [1.165, 1.54) is 18.5 Å². The first kappa shape index (κ1) is 17.9. The second kappa shape index (κ2) is 7.74. The molecule has 0 spiro atoms. The van der Waals surface area contributed by atoms with E-state index in [2.05, 4.69) is 0 Å². The Kier molecular flexibility index (Phi) is 6.60. The highest BCUT2D eigenvalue weighted by Crippen LogP contribution is 2.27. The van der Waals surface area contributed by atoms with Crippen LogP contribution in [0.15, 0.2) is 23.1 Å². The van der Waals surface area contributed by atoms with Crippen LogP contribution in [0.5, 0.6) is 5.75 Å². The van der Waals surface area contributed by atoms with Crippen molar-refractivity contribution in [3.63, 3.8) is 0 Å². The molecule has 0 unspecified atom stereocenters. The molecule has 0 radical (unpaired) electrons. The van der Waals surface area contributed by atoms with Gasteiger partial charge in [-0.1, -0.05) is 6.07 Å². The minimum absolute atomic E-state index is 0.0659. The van der Waals surface area contributed by atoms with E-state index in [4.69, 9.17) is 15.2 Å². The van der Waals surface area contributed by atoms with E-state index in [-0.39, 0.29) is 24.1 Å². The molecule has 0 aliphatic rings. The number of nitrogens with zero attached hydrogens (tertiary/aromatic N) is 1. The first-order valence-electron chi connectivity index (χ1n) is 6.77. The van der Waals surface area contributed by atoms with Gasteiger partial charge in [-0.2, -0.15) is 4.31 Å². The molecule has 0 bridgehead atoms. The highest BCUT2D eigenvalue weighted by Gasteiger charge is 2.25. The maximum atomic E-state index is 12.6. The van der Waals surface area contributed by atoms with Crippen LogP contribution in [0.1, 0.15) is 19.4 Å². The molecule has 21 heavy (non-hydrogen) atoms. The van der Waals surface area contributed by atoms with E-state index in [0.29, 0.717) is 12.4 Å². The van der Waals surface area contributed by atoms with Crippen LogP contribution in [0.3, 0.4) is 0 Å². The lowest BCUT2D eigenvalue weighted by atomic mass is 10.2. The SMILES string of the molecule is COc1ccc(CN)cc1S(=O)(=O)N(C)CCOC(C)C. The summed E-state index contributed by atoms with van der Waals surface area (Å²) in [6.07, 6.45) is 0.0659. The lowest BCUT2D eigenvalue weighted by molar-refractivity contribution is 0.0737. The highest BCUT2D eigenvalue weighted by atomic mass is 32.2. The van der Waals surface area contributed by atoms with Crippen molar-refractivity contribution in [3.05, 3.63) is 23.8 Å². The molecule has 0 aliphatic carbocycles. The molecule has 0 amide bonds. The second-order valence-electron chi connectivity index (χ2n) is 4.94. The van der Waals surface area contributed by atoms with Gasteiger partial charge in [-0.25, -0.2) is 8.42 Å². The fraction of sp³-hybridized carbons (Fsp3) is 0.571. The van der Waals surface area contributed by atoms with Crippen LogP contribution in [0.2, 0.25) is 0 Å². The van der Waals surface area contributed by atoms with Crippen molar-refractivity contribution in [2.24, 2.45) is 5.73 Å². The molecular formula is C14H24N2O4S. The van der Waals surface area contributed by atoms with Crippen LogP contribution < -0.4 is 10.5 Å². The van der Waals surface area contributed by atoms with Crippen LogP contribution >= 0.6 is 0 Å². The van der Waals surface area contributed by atoms with Crippen LogP contribution in [-0.4, -0.2) is 46.1 Å². The number of sulfonamides is 1.